The fourth-order valence-electron chi connectivity index (χ4n) is 1.62. The van der Waals surface area contributed by atoms with Crippen LogP contribution in [0.15, 0.2) is 18.5 Å². The molecule has 0 aliphatic carbocycles. The van der Waals surface area contributed by atoms with E-state index in [0.717, 1.165) is 13.1 Å². The van der Waals surface area contributed by atoms with E-state index in [1.165, 1.54) is 5.56 Å². The largest absolute Gasteiger partial charge is 0.394 e. The molecule has 1 unspecified atom stereocenters. The van der Waals surface area contributed by atoms with Crippen LogP contribution in [0.3, 0.4) is 0 Å². The normalized spacial score (nSPS) is 12.9. The molecular formula is C12H22N2O2. The molecule has 1 heterocycles. The standard InChI is InChI=1S/C12H22N2O2/c1-3-13-11(2)12-4-5-14(10-12)6-8-16-9-7-15/h4-5,10-11,13,15H,3,6-9H2,1-2H3. The van der Waals surface area contributed by atoms with Gasteiger partial charge in [-0.2, -0.15) is 0 Å². The van der Waals surface area contributed by atoms with E-state index >= 15 is 0 Å². The minimum Gasteiger partial charge on any atom is -0.394 e. The van der Waals surface area contributed by atoms with Crippen LogP contribution in [0.1, 0.15) is 25.5 Å². The molecule has 0 saturated carbocycles. The molecular weight excluding hydrogens is 204 g/mol. The lowest BCUT2D eigenvalue weighted by atomic mass is 10.2. The summed E-state index contributed by atoms with van der Waals surface area (Å²) >= 11 is 0. The van der Waals surface area contributed by atoms with Crippen molar-refractivity contribution in [1.29, 1.82) is 0 Å². The van der Waals surface area contributed by atoms with E-state index in [4.69, 9.17) is 9.84 Å². The van der Waals surface area contributed by atoms with Crippen molar-refractivity contribution in [2.45, 2.75) is 26.4 Å². The van der Waals surface area contributed by atoms with Gasteiger partial charge < -0.3 is 19.7 Å². The second kappa shape index (κ2) is 7.44. The van der Waals surface area contributed by atoms with Crippen molar-refractivity contribution in [2.75, 3.05) is 26.4 Å². The van der Waals surface area contributed by atoms with Crippen LogP contribution in [0.5, 0.6) is 0 Å². The quantitative estimate of drug-likeness (QED) is 0.654. The third-order valence-corrected chi connectivity index (χ3v) is 2.51. The molecule has 0 bridgehead atoms. The molecule has 0 aliphatic rings. The smallest absolute Gasteiger partial charge is 0.0698 e. The van der Waals surface area contributed by atoms with Crippen LogP contribution in [0, 0.1) is 0 Å². The molecule has 2 N–H and O–H groups in total. The van der Waals surface area contributed by atoms with Crippen LogP contribution < -0.4 is 5.32 Å². The number of hydrogen-bond acceptors (Lipinski definition) is 3. The Hall–Kier alpha value is -0.840. The molecule has 0 fully saturated rings. The van der Waals surface area contributed by atoms with Crippen molar-refractivity contribution in [1.82, 2.24) is 9.88 Å². The van der Waals surface area contributed by atoms with Gasteiger partial charge in [-0.25, -0.2) is 0 Å². The lowest BCUT2D eigenvalue weighted by Crippen LogP contribution is -2.17. The highest BCUT2D eigenvalue weighted by Gasteiger charge is 2.04. The molecule has 1 rings (SSSR count). The van der Waals surface area contributed by atoms with Crippen LogP contribution in [-0.4, -0.2) is 36.0 Å². The van der Waals surface area contributed by atoms with Gasteiger partial charge >= 0.3 is 0 Å². The van der Waals surface area contributed by atoms with Gasteiger partial charge in [0.05, 0.1) is 19.8 Å². The van der Waals surface area contributed by atoms with E-state index in [0.29, 0.717) is 19.3 Å². The van der Waals surface area contributed by atoms with E-state index in [-0.39, 0.29) is 6.61 Å². The fourth-order valence-corrected chi connectivity index (χ4v) is 1.62. The summed E-state index contributed by atoms with van der Waals surface area (Å²) in [5.41, 5.74) is 1.30. The predicted octanol–water partition coefficient (Wildman–Crippen LogP) is 1.17. The first-order valence-corrected chi connectivity index (χ1v) is 5.85. The highest BCUT2D eigenvalue weighted by molar-refractivity contribution is 5.14. The van der Waals surface area contributed by atoms with Gasteiger partial charge in [0, 0.05) is 25.0 Å². The fraction of sp³-hybridized carbons (Fsp3) is 0.667. The van der Waals surface area contributed by atoms with Crippen LogP contribution >= 0.6 is 0 Å². The minimum absolute atomic E-state index is 0.0916. The third-order valence-electron chi connectivity index (χ3n) is 2.51. The van der Waals surface area contributed by atoms with E-state index in [2.05, 4.69) is 42.2 Å². The number of nitrogens with one attached hydrogen (secondary N) is 1. The summed E-state index contributed by atoms with van der Waals surface area (Å²) in [4.78, 5) is 0. The molecule has 0 saturated heterocycles. The van der Waals surface area contributed by atoms with Gasteiger partial charge in [-0.1, -0.05) is 6.92 Å². The first-order valence-electron chi connectivity index (χ1n) is 5.85. The molecule has 0 aliphatic heterocycles. The monoisotopic (exact) mass is 226 g/mol. The maximum absolute atomic E-state index is 8.56. The highest BCUT2D eigenvalue weighted by atomic mass is 16.5. The van der Waals surface area contributed by atoms with Crippen molar-refractivity contribution in [2.24, 2.45) is 0 Å². The van der Waals surface area contributed by atoms with Gasteiger partial charge in [0.1, 0.15) is 0 Å². The Balaban J connectivity index is 2.33. The second-order valence-electron chi connectivity index (χ2n) is 3.80. The zero-order chi connectivity index (χ0) is 11.8. The molecule has 0 aromatic carbocycles. The van der Waals surface area contributed by atoms with Gasteiger partial charge in [0.2, 0.25) is 0 Å². The predicted molar refractivity (Wildman–Crippen MR) is 64.4 cm³/mol. The maximum Gasteiger partial charge on any atom is 0.0698 e. The summed E-state index contributed by atoms with van der Waals surface area (Å²) in [6.07, 6.45) is 4.20. The van der Waals surface area contributed by atoms with Crippen LogP contribution in [-0.2, 0) is 11.3 Å². The first-order chi connectivity index (χ1) is 7.77. The van der Waals surface area contributed by atoms with Gasteiger partial charge in [0.25, 0.3) is 0 Å². The lowest BCUT2D eigenvalue weighted by molar-refractivity contribution is 0.0870. The summed E-state index contributed by atoms with van der Waals surface area (Å²) in [5.74, 6) is 0. The first kappa shape index (κ1) is 13.2. The van der Waals surface area contributed by atoms with Crippen molar-refractivity contribution in [3.05, 3.63) is 24.0 Å². The molecule has 1 aromatic rings. The number of nitrogens with zero attached hydrogens (tertiary/aromatic N) is 1. The zero-order valence-electron chi connectivity index (χ0n) is 10.1. The molecule has 1 aromatic heterocycles. The minimum atomic E-state index is 0.0916. The number of hydrogen-bond donors (Lipinski definition) is 2. The SMILES string of the molecule is CCNC(C)c1ccn(CCOCCO)c1. The molecule has 16 heavy (non-hydrogen) atoms. The van der Waals surface area contributed by atoms with Crippen molar-refractivity contribution < 1.29 is 9.84 Å². The Labute approximate surface area is 97.2 Å². The summed E-state index contributed by atoms with van der Waals surface area (Å²) in [6.45, 7) is 7.23. The summed E-state index contributed by atoms with van der Waals surface area (Å²) in [6, 6.07) is 2.52. The summed E-state index contributed by atoms with van der Waals surface area (Å²) < 4.78 is 7.33. The van der Waals surface area contributed by atoms with E-state index in [1.54, 1.807) is 0 Å². The molecule has 0 amide bonds. The molecule has 4 nitrogen and oxygen atoms in total. The molecule has 0 spiro atoms. The van der Waals surface area contributed by atoms with E-state index in [1.807, 2.05) is 0 Å². The Kier molecular flexibility index (Phi) is 6.15. The Morgan fingerprint density at radius 1 is 1.50 bits per heavy atom. The second-order valence-corrected chi connectivity index (χ2v) is 3.80. The summed E-state index contributed by atoms with van der Waals surface area (Å²) in [5, 5.41) is 11.9. The topological polar surface area (TPSA) is 46.4 Å². The number of ether oxygens (including phenoxy) is 1. The average Bonchev–Trinajstić information content (AvgIpc) is 2.73. The van der Waals surface area contributed by atoms with Crippen molar-refractivity contribution in [3.63, 3.8) is 0 Å². The molecule has 0 radical (unpaired) electrons. The van der Waals surface area contributed by atoms with Crippen LogP contribution in [0.2, 0.25) is 0 Å². The number of rotatable bonds is 8. The molecule has 92 valence electrons. The van der Waals surface area contributed by atoms with Crippen LogP contribution in [0.4, 0.5) is 0 Å². The number of aromatic nitrogens is 1. The average molecular weight is 226 g/mol. The van der Waals surface area contributed by atoms with Crippen LogP contribution in [0.25, 0.3) is 0 Å². The Morgan fingerprint density at radius 3 is 3.00 bits per heavy atom. The zero-order valence-corrected chi connectivity index (χ0v) is 10.1. The molecule has 4 heteroatoms. The molecule has 1 atom stereocenters. The van der Waals surface area contributed by atoms with Gasteiger partial charge in [0.15, 0.2) is 0 Å². The van der Waals surface area contributed by atoms with Gasteiger partial charge in [-0.05, 0) is 25.1 Å². The third kappa shape index (κ3) is 4.35. The maximum atomic E-state index is 8.56. The summed E-state index contributed by atoms with van der Waals surface area (Å²) in [7, 11) is 0. The van der Waals surface area contributed by atoms with Gasteiger partial charge in [-0.15, -0.1) is 0 Å². The van der Waals surface area contributed by atoms with Gasteiger partial charge in [-0.3, -0.25) is 0 Å². The van der Waals surface area contributed by atoms with E-state index in [9.17, 15) is 0 Å². The van der Waals surface area contributed by atoms with Crippen molar-refractivity contribution >= 4 is 0 Å². The number of aliphatic hydroxyl groups is 1. The van der Waals surface area contributed by atoms with Crippen molar-refractivity contribution in [3.8, 4) is 0 Å². The Morgan fingerprint density at radius 2 is 2.31 bits per heavy atom. The Bertz CT molecular complexity index is 286. The lowest BCUT2D eigenvalue weighted by Gasteiger charge is -2.09. The highest BCUT2D eigenvalue weighted by Crippen LogP contribution is 2.12. The van der Waals surface area contributed by atoms with E-state index < -0.39 is 0 Å². The number of aliphatic hydroxyl groups excluding tert-OH is 1.